The minimum Gasteiger partial charge on any atom is -0.458 e. The van der Waals surface area contributed by atoms with Gasteiger partial charge in [0.15, 0.2) is 0 Å². The SMILES string of the molecule is CS[C@H]1C(=O)N2[C@@H]1SC(C)(C)[C@]2(N)C(=O)OCc1ccccc1. The lowest BCUT2D eigenvalue weighted by Crippen LogP contribution is -2.76. The predicted octanol–water partition coefficient (Wildman–Crippen LogP) is 1.81. The lowest BCUT2D eigenvalue weighted by molar-refractivity contribution is -0.172. The second kappa shape index (κ2) is 5.72. The van der Waals surface area contributed by atoms with Crippen LogP contribution in [0.2, 0.25) is 0 Å². The number of amides is 1. The number of carbonyl (C=O) groups excluding carboxylic acids is 2. The number of nitrogens with zero attached hydrogens (tertiary/aromatic N) is 1. The Labute approximate surface area is 144 Å². The molecule has 2 fully saturated rings. The molecule has 2 aliphatic heterocycles. The molecule has 1 aromatic carbocycles. The molecular weight excluding hydrogens is 332 g/mol. The molecule has 124 valence electrons. The smallest absolute Gasteiger partial charge is 0.348 e. The van der Waals surface area contributed by atoms with Crippen LogP contribution in [-0.4, -0.2) is 44.1 Å². The van der Waals surface area contributed by atoms with Crippen LogP contribution >= 0.6 is 23.5 Å². The molecule has 23 heavy (non-hydrogen) atoms. The zero-order valence-corrected chi connectivity index (χ0v) is 14.9. The van der Waals surface area contributed by atoms with Crippen LogP contribution in [0.25, 0.3) is 0 Å². The van der Waals surface area contributed by atoms with Crippen LogP contribution in [-0.2, 0) is 20.9 Å². The third kappa shape index (κ3) is 2.37. The monoisotopic (exact) mass is 352 g/mol. The Hall–Kier alpha value is -1.18. The molecule has 3 atom stereocenters. The van der Waals surface area contributed by atoms with Gasteiger partial charge in [-0.25, -0.2) is 4.79 Å². The van der Waals surface area contributed by atoms with Crippen molar-refractivity contribution in [2.45, 2.75) is 41.5 Å². The summed E-state index contributed by atoms with van der Waals surface area (Å²) >= 11 is 3.07. The number of ether oxygens (including phenoxy) is 1. The molecule has 5 nitrogen and oxygen atoms in total. The molecule has 0 spiro atoms. The molecule has 2 aliphatic rings. The van der Waals surface area contributed by atoms with Crippen molar-refractivity contribution in [2.75, 3.05) is 6.26 Å². The van der Waals surface area contributed by atoms with Crippen LogP contribution < -0.4 is 5.73 Å². The Morgan fingerprint density at radius 2 is 2.04 bits per heavy atom. The first-order chi connectivity index (χ1) is 10.8. The molecule has 0 aromatic heterocycles. The number of β-lactam (4-membered cyclic amide) rings is 1. The summed E-state index contributed by atoms with van der Waals surface area (Å²) in [5.74, 6) is -0.631. The van der Waals surface area contributed by atoms with Gasteiger partial charge in [0.05, 0.1) is 4.75 Å². The maximum absolute atomic E-state index is 12.7. The summed E-state index contributed by atoms with van der Waals surface area (Å²) in [7, 11) is 0. The number of hydrogen-bond acceptors (Lipinski definition) is 6. The van der Waals surface area contributed by atoms with E-state index in [1.807, 2.05) is 50.4 Å². The van der Waals surface area contributed by atoms with Crippen LogP contribution in [0.1, 0.15) is 19.4 Å². The first kappa shape index (κ1) is 16.7. The van der Waals surface area contributed by atoms with Gasteiger partial charge in [-0.05, 0) is 25.7 Å². The van der Waals surface area contributed by atoms with Gasteiger partial charge in [-0.3, -0.25) is 15.4 Å². The maximum atomic E-state index is 12.7. The van der Waals surface area contributed by atoms with E-state index in [0.29, 0.717) is 0 Å². The predicted molar refractivity (Wildman–Crippen MR) is 92.8 cm³/mol. The molecule has 0 radical (unpaired) electrons. The summed E-state index contributed by atoms with van der Waals surface area (Å²) in [6.45, 7) is 3.94. The summed E-state index contributed by atoms with van der Waals surface area (Å²) in [4.78, 5) is 26.6. The highest BCUT2D eigenvalue weighted by Crippen LogP contribution is 2.57. The van der Waals surface area contributed by atoms with Crippen molar-refractivity contribution in [1.82, 2.24) is 4.90 Å². The van der Waals surface area contributed by atoms with Crippen molar-refractivity contribution in [3.05, 3.63) is 35.9 Å². The average Bonchev–Trinajstić information content (AvgIpc) is 2.71. The Morgan fingerprint density at radius 1 is 1.39 bits per heavy atom. The van der Waals surface area contributed by atoms with Gasteiger partial charge in [-0.2, -0.15) is 0 Å². The topological polar surface area (TPSA) is 72.6 Å². The number of esters is 1. The molecule has 3 rings (SSSR count). The molecule has 0 unspecified atom stereocenters. The summed E-state index contributed by atoms with van der Waals surface area (Å²) < 4.78 is 4.84. The quantitative estimate of drug-likeness (QED) is 0.658. The zero-order valence-electron chi connectivity index (χ0n) is 13.3. The first-order valence-corrected chi connectivity index (χ1v) is 9.53. The van der Waals surface area contributed by atoms with Gasteiger partial charge < -0.3 is 4.74 Å². The standard InChI is InChI=1S/C16H20N2O3S2/c1-15(2)16(17,18-12(19)11(22-3)13(18)23-15)14(20)21-9-10-7-5-4-6-8-10/h4-8,11,13H,9,17H2,1-3H3/t11-,13+,16-/m0/s1. The number of thioether (sulfide) groups is 2. The van der Waals surface area contributed by atoms with E-state index in [4.69, 9.17) is 10.5 Å². The summed E-state index contributed by atoms with van der Waals surface area (Å²) in [5, 5.41) is -0.201. The summed E-state index contributed by atoms with van der Waals surface area (Å²) in [5.41, 5.74) is 5.90. The minimum absolute atomic E-state index is 0.0678. The molecule has 0 bridgehead atoms. The van der Waals surface area contributed by atoms with E-state index in [9.17, 15) is 9.59 Å². The fraction of sp³-hybridized carbons (Fsp3) is 0.500. The van der Waals surface area contributed by atoms with Crippen LogP contribution in [0, 0.1) is 0 Å². The Morgan fingerprint density at radius 3 is 2.65 bits per heavy atom. The van der Waals surface area contributed by atoms with Crippen molar-refractivity contribution in [2.24, 2.45) is 5.73 Å². The highest BCUT2D eigenvalue weighted by molar-refractivity contribution is 8.05. The molecule has 2 heterocycles. The second-order valence-electron chi connectivity index (χ2n) is 6.21. The average molecular weight is 352 g/mol. The van der Waals surface area contributed by atoms with E-state index < -0.39 is 16.4 Å². The van der Waals surface area contributed by atoms with Crippen LogP contribution in [0.3, 0.4) is 0 Å². The van der Waals surface area contributed by atoms with E-state index in [-0.39, 0.29) is 23.1 Å². The summed E-state index contributed by atoms with van der Waals surface area (Å²) in [6.07, 6.45) is 1.90. The zero-order chi connectivity index (χ0) is 16.8. The molecule has 1 aromatic rings. The van der Waals surface area contributed by atoms with Crippen molar-refractivity contribution in [3.63, 3.8) is 0 Å². The highest BCUT2D eigenvalue weighted by atomic mass is 32.2. The number of benzene rings is 1. The fourth-order valence-corrected chi connectivity index (χ4v) is 5.75. The van der Waals surface area contributed by atoms with Crippen LogP contribution in [0.15, 0.2) is 30.3 Å². The molecule has 2 saturated heterocycles. The van der Waals surface area contributed by atoms with Gasteiger partial charge in [0.1, 0.15) is 17.2 Å². The molecule has 1 amide bonds. The van der Waals surface area contributed by atoms with Gasteiger partial charge in [0.2, 0.25) is 11.6 Å². The van der Waals surface area contributed by atoms with E-state index >= 15 is 0 Å². The third-order valence-electron chi connectivity index (χ3n) is 4.49. The largest absolute Gasteiger partial charge is 0.458 e. The van der Waals surface area contributed by atoms with Gasteiger partial charge >= 0.3 is 5.97 Å². The Bertz CT molecular complexity index is 637. The van der Waals surface area contributed by atoms with Gasteiger partial charge in [-0.1, -0.05) is 30.3 Å². The highest BCUT2D eigenvalue weighted by Gasteiger charge is 2.71. The van der Waals surface area contributed by atoms with Crippen molar-refractivity contribution in [3.8, 4) is 0 Å². The van der Waals surface area contributed by atoms with E-state index in [1.54, 1.807) is 11.8 Å². The first-order valence-electron chi connectivity index (χ1n) is 7.37. The van der Waals surface area contributed by atoms with Gasteiger partial charge in [0.25, 0.3) is 0 Å². The minimum atomic E-state index is -1.43. The normalized spacial score (nSPS) is 31.5. The van der Waals surface area contributed by atoms with Gasteiger partial charge in [-0.15, -0.1) is 23.5 Å². The molecule has 7 heteroatoms. The third-order valence-corrected chi connectivity index (χ3v) is 7.25. The molecule has 0 saturated carbocycles. The summed E-state index contributed by atoms with van der Waals surface area (Å²) in [6, 6.07) is 9.43. The van der Waals surface area contributed by atoms with E-state index in [0.717, 1.165) is 5.56 Å². The Kier molecular flexibility index (Phi) is 4.14. The number of fused-ring (bicyclic) bond motifs is 1. The molecule has 0 aliphatic carbocycles. The van der Waals surface area contributed by atoms with E-state index in [2.05, 4.69) is 0 Å². The van der Waals surface area contributed by atoms with Crippen molar-refractivity contribution >= 4 is 35.4 Å². The van der Waals surface area contributed by atoms with Gasteiger partial charge in [0, 0.05) is 0 Å². The fourth-order valence-electron chi connectivity index (χ4n) is 3.00. The Balaban J connectivity index is 1.79. The molecular formula is C16H20N2O3S2. The number of rotatable bonds is 4. The van der Waals surface area contributed by atoms with Crippen LogP contribution in [0.5, 0.6) is 0 Å². The van der Waals surface area contributed by atoms with Crippen molar-refractivity contribution in [1.29, 1.82) is 0 Å². The lowest BCUT2D eigenvalue weighted by atomic mass is 9.91. The number of carbonyl (C=O) groups is 2. The molecule has 2 N–H and O–H groups in total. The van der Waals surface area contributed by atoms with Crippen molar-refractivity contribution < 1.29 is 14.3 Å². The number of hydrogen-bond donors (Lipinski definition) is 1. The lowest BCUT2D eigenvalue weighted by Gasteiger charge is -2.47. The maximum Gasteiger partial charge on any atom is 0.348 e. The van der Waals surface area contributed by atoms with E-state index in [1.165, 1.54) is 16.7 Å². The second-order valence-corrected chi connectivity index (χ2v) is 8.93. The van der Waals surface area contributed by atoms with Crippen LogP contribution in [0.4, 0.5) is 0 Å². The number of nitrogens with two attached hydrogens (primary N) is 1.